The molecule has 0 bridgehead atoms. The van der Waals surface area contributed by atoms with Crippen LogP contribution in [0.2, 0.25) is 0 Å². The third kappa shape index (κ3) is 2.60. The van der Waals surface area contributed by atoms with Crippen molar-refractivity contribution in [2.24, 2.45) is 0 Å². The predicted molar refractivity (Wildman–Crippen MR) is 72.9 cm³/mol. The summed E-state index contributed by atoms with van der Waals surface area (Å²) < 4.78 is 0.285. The molecule has 0 saturated carbocycles. The lowest BCUT2D eigenvalue weighted by Gasteiger charge is -2.04. The average Bonchev–Trinajstić information content (AvgIpc) is 2.38. The Morgan fingerprint density at radius 2 is 1.53 bits per heavy atom. The molecule has 0 radical (unpaired) electrons. The van der Waals surface area contributed by atoms with Gasteiger partial charge in [-0.3, -0.25) is 20.2 Å². The fourth-order valence-corrected chi connectivity index (χ4v) is 2.22. The van der Waals surface area contributed by atoms with Gasteiger partial charge in [0.05, 0.1) is 19.9 Å². The zero-order valence-corrected chi connectivity index (χ0v) is 11.0. The minimum absolute atomic E-state index is 0.0387. The number of nitro benzene ring substituents is 2. The summed E-state index contributed by atoms with van der Waals surface area (Å²) in [6.07, 6.45) is 0. The van der Waals surface area contributed by atoms with Gasteiger partial charge in [-0.1, -0.05) is 12.1 Å². The van der Waals surface area contributed by atoms with Gasteiger partial charge in [0.15, 0.2) is 0 Å². The van der Waals surface area contributed by atoms with E-state index >= 15 is 0 Å². The van der Waals surface area contributed by atoms with E-state index in [1.54, 1.807) is 18.2 Å². The molecule has 0 aliphatic carbocycles. The Hall–Kier alpha value is -2.28. The van der Waals surface area contributed by atoms with Gasteiger partial charge in [-0.05, 0) is 39.7 Å². The van der Waals surface area contributed by atoms with Gasteiger partial charge in [-0.25, -0.2) is 0 Å². The number of nitrogens with zero attached hydrogens (tertiary/aromatic N) is 2. The highest BCUT2D eigenvalue weighted by Crippen LogP contribution is 2.34. The quantitative estimate of drug-likeness (QED) is 0.632. The zero-order valence-electron chi connectivity index (χ0n) is 9.45. The number of hydrogen-bond acceptors (Lipinski definition) is 4. The number of para-hydroxylation sites is 1. The Labute approximate surface area is 116 Å². The van der Waals surface area contributed by atoms with Crippen molar-refractivity contribution in [3.63, 3.8) is 0 Å². The van der Waals surface area contributed by atoms with Gasteiger partial charge in [0, 0.05) is 12.1 Å². The van der Waals surface area contributed by atoms with Crippen LogP contribution in [0.3, 0.4) is 0 Å². The second-order valence-corrected chi connectivity index (χ2v) is 4.55. The molecule has 6 nitrogen and oxygen atoms in total. The number of hydrogen-bond donors (Lipinski definition) is 0. The molecule has 2 rings (SSSR count). The fraction of sp³-hybridized carbons (Fsp3) is 0. The van der Waals surface area contributed by atoms with Crippen LogP contribution < -0.4 is 0 Å². The molecule has 7 heteroatoms. The number of rotatable bonds is 3. The van der Waals surface area contributed by atoms with Crippen LogP contribution in [0.15, 0.2) is 46.9 Å². The highest BCUT2D eigenvalue weighted by atomic mass is 79.9. The van der Waals surface area contributed by atoms with Crippen molar-refractivity contribution in [2.75, 3.05) is 0 Å². The SMILES string of the molecule is O=[N+]([O-])c1ccc(-c2ccccc2[N+](=O)[O-])cc1Br. The van der Waals surface area contributed by atoms with E-state index in [1.165, 1.54) is 24.3 Å². The molecule has 0 fully saturated rings. The van der Waals surface area contributed by atoms with Crippen molar-refractivity contribution < 1.29 is 9.85 Å². The molecular weight excluding hydrogens is 316 g/mol. The van der Waals surface area contributed by atoms with E-state index in [-0.39, 0.29) is 15.8 Å². The lowest BCUT2D eigenvalue weighted by Crippen LogP contribution is -1.93. The van der Waals surface area contributed by atoms with Crippen LogP contribution in [-0.4, -0.2) is 9.85 Å². The van der Waals surface area contributed by atoms with E-state index in [0.29, 0.717) is 11.1 Å². The predicted octanol–water partition coefficient (Wildman–Crippen LogP) is 3.93. The van der Waals surface area contributed by atoms with Crippen molar-refractivity contribution in [1.82, 2.24) is 0 Å². The second kappa shape index (κ2) is 5.15. The Morgan fingerprint density at radius 3 is 2.11 bits per heavy atom. The summed E-state index contributed by atoms with van der Waals surface area (Å²) in [6, 6.07) is 10.6. The summed E-state index contributed by atoms with van der Waals surface area (Å²) in [7, 11) is 0. The molecule has 0 unspecified atom stereocenters. The third-order valence-electron chi connectivity index (χ3n) is 2.56. The average molecular weight is 323 g/mol. The van der Waals surface area contributed by atoms with Crippen LogP contribution in [0, 0.1) is 20.2 Å². The van der Waals surface area contributed by atoms with Crippen molar-refractivity contribution >= 4 is 27.3 Å². The van der Waals surface area contributed by atoms with Crippen LogP contribution in [-0.2, 0) is 0 Å². The maximum absolute atomic E-state index is 10.9. The minimum atomic E-state index is -0.521. The molecule has 0 amide bonds. The van der Waals surface area contributed by atoms with E-state index in [2.05, 4.69) is 15.9 Å². The Bertz CT molecular complexity index is 673. The number of halogens is 1. The van der Waals surface area contributed by atoms with E-state index in [9.17, 15) is 20.2 Å². The molecule has 0 saturated heterocycles. The summed E-state index contributed by atoms with van der Waals surface area (Å²) in [5.74, 6) is 0. The summed E-state index contributed by atoms with van der Waals surface area (Å²) in [4.78, 5) is 20.7. The van der Waals surface area contributed by atoms with Gasteiger partial charge in [-0.15, -0.1) is 0 Å². The standard InChI is InChI=1S/C12H7BrN2O4/c13-10-7-8(5-6-12(10)15(18)19)9-3-1-2-4-11(9)14(16)17/h1-7H. The lowest BCUT2D eigenvalue weighted by molar-refractivity contribution is -0.385. The van der Waals surface area contributed by atoms with E-state index in [1.807, 2.05) is 0 Å². The molecule has 19 heavy (non-hydrogen) atoms. The number of nitro groups is 2. The molecule has 0 N–H and O–H groups in total. The Balaban J connectivity index is 2.57. The van der Waals surface area contributed by atoms with Crippen LogP contribution in [0.5, 0.6) is 0 Å². The molecule has 0 aliphatic rings. The van der Waals surface area contributed by atoms with Gasteiger partial charge in [0.1, 0.15) is 0 Å². The van der Waals surface area contributed by atoms with Crippen LogP contribution in [0.1, 0.15) is 0 Å². The van der Waals surface area contributed by atoms with Gasteiger partial charge in [0.25, 0.3) is 11.4 Å². The first-order valence-corrected chi connectivity index (χ1v) is 5.97. The van der Waals surface area contributed by atoms with Gasteiger partial charge >= 0.3 is 0 Å². The molecular formula is C12H7BrN2O4. The maximum Gasteiger partial charge on any atom is 0.283 e. The molecule has 0 atom stereocenters. The largest absolute Gasteiger partial charge is 0.283 e. The monoisotopic (exact) mass is 322 g/mol. The van der Waals surface area contributed by atoms with E-state index < -0.39 is 9.85 Å². The zero-order chi connectivity index (χ0) is 14.0. The first-order valence-electron chi connectivity index (χ1n) is 5.18. The molecule has 96 valence electrons. The van der Waals surface area contributed by atoms with Gasteiger partial charge in [0.2, 0.25) is 0 Å². The van der Waals surface area contributed by atoms with Crippen LogP contribution in [0.25, 0.3) is 11.1 Å². The molecule has 2 aromatic carbocycles. The molecule has 0 heterocycles. The third-order valence-corrected chi connectivity index (χ3v) is 3.19. The van der Waals surface area contributed by atoms with Gasteiger partial charge in [-0.2, -0.15) is 0 Å². The van der Waals surface area contributed by atoms with Crippen molar-refractivity contribution in [3.05, 3.63) is 67.2 Å². The van der Waals surface area contributed by atoms with Crippen molar-refractivity contribution in [1.29, 1.82) is 0 Å². The summed E-state index contributed by atoms with van der Waals surface area (Å²) in [6.45, 7) is 0. The second-order valence-electron chi connectivity index (χ2n) is 3.70. The molecule has 0 aliphatic heterocycles. The fourth-order valence-electron chi connectivity index (χ4n) is 1.70. The molecule has 2 aromatic rings. The minimum Gasteiger partial charge on any atom is -0.258 e. The Kier molecular flexibility index (Phi) is 3.57. The normalized spacial score (nSPS) is 10.2. The molecule has 0 aromatic heterocycles. The maximum atomic E-state index is 10.9. The smallest absolute Gasteiger partial charge is 0.258 e. The molecule has 0 spiro atoms. The topological polar surface area (TPSA) is 86.3 Å². The highest BCUT2D eigenvalue weighted by Gasteiger charge is 2.17. The van der Waals surface area contributed by atoms with E-state index in [4.69, 9.17) is 0 Å². The van der Waals surface area contributed by atoms with E-state index in [0.717, 1.165) is 0 Å². The van der Waals surface area contributed by atoms with Crippen LogP contribution in [0.4, 0.5) is 11.4 Å². The lowest BCUT2D eigenvalue weighted by atomic mass is 10.0. The summed E-state index contributed by atoms with van der Waals surface area (Å²) in [5, 5.41) is 21.7. The van der Waals surface area contributed by atoms with Crippen LogP contribution >= 0.6 is 15.9 Å². The van der Waals surface area contributed by atoms with Crippen molar-refractivity contribution in [2.45, 2.75) is 0 Å². The number of benzene rings is 2. The van der Waals surface area contributed by atoms with Crippen molar-refractivity contribution in [3.8, 4) is 11.1 Å². The first kappa shape index (κ1) is 13.2. The summed E-state index contributed by atoms with van der Waals surface area (Å²) >= 11 is 3.10. The summed E-state index contributed by atoms with van der Waals surface area (Å²) in [5.41, 5.74) is 0.846. The first-order chi connectivity index (χ1) is 9.00. The Morgan fingerprint density at radius 1 is 0.895 bits per heavy atom. The highest BCUT2D eigenvalue weighted by molar-refractivity contribution is 9.10. The van der Waals surface area contributed by atoms with Gasteiger partial charge < -0.3 is 0 Å².